The number of allylic oxidation sites excluding steroid dienone is 3. The molecule has 2 N–H and O–H groups in total. The molecule has 2 aliphatic rings. The molecular formula is C18H13FN4S. The molecule has 0 spiro atoms. The number of nitrogens with two attached hydrogens (primary N) is 1. The van der Waals surface area contributed by atoms with Gasteiger partial charge >= 0.3 is 0 Å². The first-order valence-corrected chi connectivity index (χ1v) is 8.51. The number of fused-ring (bicyclic) bond motifs is 1. The number of rotatable bonds is 1. The number of hydrogen-bond acceptors (Lipinski definition) is 5. The summed E-state index contributed by atoms with van der Waals surface area (Å²) >= 11 is 1.63. The summed E-state index contributed by atoms with van der Waals surface area (Å²) in [5.41, 5.74) is 5.49. The van der Waals surface area contributed by atoms with Crippen molar-refractivity contribution in [2.24, 2.45) is 17.1 Å². The minimum atomic E-state index is -1.76. The van der Waals surface area contributed by atoms with Gasteiger partial charge in [-0.25, -0.2) is 4.39 Å². The highest BCUT2D eigenvalue weighted by Crippen LogP contribution is 2.55. The van der Waals surface area contributed by atoms with Gasteiger partial charge in [-0.2, -0.15) is 27.5 Å². The average molecular weight is 336 g/mol. The maximum absolute atomic E-state index is 14.5. The zero-order chi connectivity index (χ0) is 17.3. The summed E-state index contributed by atoms with van der Waals surface area (Å²) in [5, 5.41) is 29.1. The van der Waals surface area contributed by atoms with Crippen molar-refractivity contribution in [2.75, 3.05) is 11.5 Å². The molecule has 3 rings (SSSR count). The normalized spacial score (nSPS) is 24.8. The van der Waals surface area contributed by atoms with E-state index in [0.717, 1.165) is 11.3 Å². The minimum Gasteiger partial charge on any atom is -0.399 e. The smallest absolute Gasteiger partial charge is 0.191 e. The SMILES string of the molecule is N#CC1=C(N)C(C#N)(C#N)[C@@H](c2ccccc2F)[C@@H]2CSCC=C12. The monoisotopic (exact) mass is 336 g/mol. The fraction of sp³-hybridized carbons (Fsp3) is 0.278. The highest BCUT2D eigenvalue weighted by atomic mass is 32.2. The van der Waals surface area contributed by atoms with Crippen molar-refractivity contribution in [3.05, 3.63) is 58.6 Å². The Balaban J connectivity index is 2.37. The van der Waals surface area contributed by atoms with E-state index in [1.165, 1.54) is 6.07 Å². The van der Waals surface area contributed by atoms with Crippen LogP contribution in [0, 0.1) is 51.1 Å². The maximum atomic E-state index is 14.5. The van der Waals surface area contributed by atoms with Crippen LogP contribution in [0.4, 0.5) is 4.39 Å². The molecule has 1 aromatic carbocycles. The fourth-order valence-corrected chi connectivity index (χ4v) is 4.62. The van der Waals surface area contributed by atoms with Crippen LogP contribution in [0.2, 0.25) is 0 Å². The number of halogens is 1. The van der Waals surface area contributed by atoms with Crippen molar-refractivity contribution in [3.63, 3.8) is 0 Å². The Morgan fingerprint density at radius 2 is 1.92 bits per heavy atom. The molecule has 0 amide bonds. The summed E-state index contributed by atoms with van der Waals surface area (Å²) in [4.78, 5) is 0. The molecule has 1 heterocycles. The summed E-state index contributed by atoms with van der Waals surface area (Å²) in [6, 6.07) is 12.2. The van der Waals surface area contributed by atoms with Gasteiger partial charge in [-0.1, -0.05) is 24.3 Å². The fourth-order valence-electron chi connectivity index (χ4n) is 3.56. The van der Waals surface area contributed by atoms with E-state index in [1.807, 2.05) is 24.3 Å². The summed E-state index contributed by atoms with van der Waals surface area (Å²) in [6.07, 6.45) is 1.90. The zero-order valence-corrected chi connectivity index (χ0v) is 13.5. The lowest BCUT2D eigenvalue weighted by atomic mass is 9.59. The lowest BCUT2D eigenvalue weighted by Crippen LogP contribution is -2.43. The van der Waals surface area contributed by atoms with Crippen LogP contribution >= 0.6 is 11.8 Å². The van der Waals surface area contributed by atoms with Crippen molar-refractivity contribution in [1.82, 2.24) is 0 Å². The standard InChI is InChI=1S/C18H13FN4S/c19-15-4-2-1-3-12(15)16-14-8-24-6-5-11(14)13(7-20)17(23)18(16,9-21)10-22/h1-5,14,16H,6,8,23H2/t14-,16+/m1/s1. The zero-order valence-electron chi connectivity index (χ0n) is 12.7. The van der Waals surface area contributed by atoms with Crippen molar-refractivity contribution in [3.8, 4) is 18.2 Å². The Morgan fingerprint density at radius 1 is 1.21 bits per heavy atom. The van der Waals surface area contributed by atoms with E-state index in [9.17, 15) is 20.2 Å². The van der Waals surface area contributed by atoms with Crippen LogP contribution in [0.1, 0.15) is 11.5 Å². The maximum Gasteiger partial charge on any atom is 0.191 e. The van der Waals surface area contributed by atoms with Gasteiger partial charge in [0.2, 0.25) is 0 Å². The van der Waals surface area contributed by atoms with Gasteiger partial charge in [-0.05, 0) is 17.2 Å². The predicted molar refractivity (Wildman–Crippen MR) is 88.5 cm³/mol. The van der Waals surface area contributed by atoms with Crippen LogP contribution in [0.3, 0.4) is 0 Å². The van der Waals surface area contributed by atoms with E-state index in [1.54, 1.807) is 30.0 Å². The van der Waals surface area contributed by atoms with Crippen LogP contribution in [-0.4, -0.2) is 11.5 Å². The van der Waals surface area contributed by atoms with Crippen LogP contribution in [0.15, 0.2) is 47.2 Å². The molecule has 4 nitrogen and oxygen atoms in total. The first kappa shape index (κ1) is 16.1. The topological polar surface area (TPSA) is 97.4 Å². The van der Waals surface area contributed by atoms with E-state index in [2.05, 4.69) is 0 Å². The van der Waals surface area contributed by atoms with E-state index in [0.29, 0.717) is 11.3 Å². The van der Waals surface area contributed by atoms with Gasteiger partial charge in [-0.15, -0.1) is 0 Å². The van der Waals surface area contributed by atoms with Gasteiger partial charge in [0.05, 0.1) is 23.4 Å². The lowest BCUT2D eigenvalue weighted by Gasteiger charge is -2.43. The number of nitriles is 3. The summed E-state index contributed by atoms with van der Waals surface area (Å²) in [6.45, 7) is 0. The number of hydrogen-bond donors (Lipinski definition) is 1. The first-order valence-electron chi connectivity index (χ1n) is 7.36. The molecule has 0 unspecified atom stereocenters. The Labute approximate surface area is 143 Å². The van der Waals surface area contributed by atoms with Gasteiger partial charge in [0, 0.05) is 23.3 Å². The molecule has 0 fully saturated rings. The minimum absolute atomic E-state index is 0.0716. The highest BCUT2D eigenvalue weighted by molar-refractivity contribution is 7.99. The van der Waals surface area contributed by atoms with Crippen LogP contribution in [0.25, 0.3) is 0 Å². The van der Waals surface area contributed by atoms with E-state index < -0.39 is 17.2 Å². The molecule has 0 saturated heterocycles. The Bertz CT molecular complexity index is 868. The molecule has 0 aromatic heterocycles. The number of thioether (sulfide) groups is 1. The third kappa shape index (κ3) is 2.10. The Morgan fingerprint density at radius 3 is 2.54 bits per heavy atom. The Kier molecular flexibility index (Phi) is 4.06. The molecule has 0 radical (unpaired) electrons. The molecule has 2 atom stereocenters. The molecule has 0 bridgehead atoms. The lowest BCUT2D eigenvalue weighted by molar-refractivity contribution is 0.357. The second-order valence-corrected chi connectivity index (χ2v) is 6.81. The van der Waals surface area contributed by atoms with Crippen molar-refractivity contribution >= 4 is 11.8 Å². The van der Waals surface area contributed by atoms with Crippen LogP contribution < -0.4 is 5.73 Å². The summed E-state index contributed by atoms with van der Waals surface area (Å²) < 4.78 is 14.5. The van der Waals surface area contributed by atoms with Gasteiger partial charge in [0.25, 0.3) is 0 Å². The third-order valence-electron chi connectivity index (χ3n) is 4.67. The van der Waals surface area contributed by atoms with E-state index in [-0.39, 0.29) is 17.2 Å². The first-order chi connectivity index (χ1) is 11.6. The molecule has 1 aromatic rings. The largest absolute Gasteiger partial charge is 0.399 e. The quantitative estimate of drug-likeness (QED) is 0.850. The molecular weight excluding hydrogens is 323 g/mol. The van der Waals surface area contributed by atoms with Crippen LogP contribution in [-0.2, 0) is 0 Å². The van der Waals surface area contributed by atoms with Crippen molar-refractivity contribution in [1.29, 1.82) is 15.8 Å². The molecule has 24 heavy (non-hydrogen) atoms. The van der Waals surface area contributed by atoms with Crippen molar-refractivity contribution < 1.29 is 4.39 Å². The Hall–Kier alpha value is -2.75. The summed E-state index contributed by atoms with van der Waals surface area (Å²) in [5.74, 6) is -0.193. The van der Waals surface area contributed by atoms with Crippen LogP contribution in [0.5, 0.6) is 0 Å². The second kappa shape index (κ2) is 6.04. The molecule has 0 saturated carbocycles. The molecule has 118 valence electrons. The van der Waals surface area contributed by atoms with Crippen molar-refractivity contribution in [2.45, 2.75) is 5.92 Å². The van der Waals surface area contributed by atoms with Gasteiger partial charge in [0.1, 0.15) is 11.9 Å². The predicted octanol–water partition coefficient (Wildman–Crippen LogP) is 2.98. The van der Waals surface area contributed by atoms with Gasteiger partial charge in [0.15, 0.2) is 5.41 Å². The van der Waals surface area contributed by atoms with E-state index >= 15 is 0 Å². The highest BCUT2D eigenvalue weighted by Gasteiger charge is 2.54. The number of benzene rings is 1. The second-order valence-electron chi connectivity index (χ2n) is 5.73. The average Bonchev–Trinajstić information content (AvgIpc) is 2.62. The summed E-state index contributed by atoms with van der Waals surface area (Å²) in [7, 11) is 0. The van der Waals surface area contributed by atoms with Gasteiger partial charge in [-0.3, -0.25) is 0 Å². The third-order valence-corrected chi connectivity index (χ3v) is 5.67. The molecule has 6 heteroatoms. The van der Waals surface area contributed by atoms with E-state index in [4.69, 9.17) is 5.73 Å². The van der Waals surface area contributed by atoms with Gasteiger partial charge < -0.3 is 5.73 Å². The number of nitrogens with zero attached hydrogens (tertiary/aromatic N) is 3. The molecule has 1 aliphatic heterocycles. The molecule has 1 aliphatic carbocycles.